The molecule has 2 rings (SSSR count). The van der Waals surface area contributed by atoms with E-state index in [-0.39, 0.29) is 6.10 Å². The highest BCUT2D eigenvalue weighted by Crippen LogP contribution is 2.32. The van der Waals surface area contributed by atoms with Gasteiger partial charge < -0.3 is 15.2 Å². The molecule has 0 heterocycles. The molecule has 0 fully saturated rings. The van der Waals surface area contributed by atoms with Crippen LogP contribution in [0.5, 0.6) is 11.5 Å². The number of hydrogen-bond acceptors (Lipinski definition) is 3. The van der Waals surface area contributed by atoms with Gasteiger partial charge in [0, 0.05) is 11.6 Å². The van der Waals surface area contributed by atoms with E-state index in [1.165, 1.54) is 0 Å². The van der Waals surface area contributed by atoms with Gasteiger partial charge in [0.1, 0.15) is 17.6 Å². The first kappa shape index (κ1) is 15.2. The molecule has 0 aromatic heterocycles. The van der Waals surface area contributed by atoms with Gasteiger partial charge in [-0.3, -0.25) is 0 Å². The molecular weight excluding hydrogens is 342 g/mol. The standard InChI is InChI=1S/C15H15BrClNO2/c1-19-12-4-2-3-10(7-12)15(9-18)20-14-6-5-11(17)8-13(14)16/h2-8,15H,9,18H2,1H3. The Balaban J connectivity index is 2.23. The minimum atomic E-state index is -0.248. The maximum atomic E-state index is 5.95. The van der Waals surface area contributed by atoms with E-state index in [9.17, 15) is 0 Å². The summed E-state index contributed by atoms with van der Waals surface area (Å²) in [6.07, 6.45) is -0.248. The smallest absolute Gasteiger partial charge is 0.136 e. The van der Waals surface area contributed by atoms with Crippen molar-refractivity contribution < 1.29 is 9.47 Å². The zero-order valence-electron chi connectivity index (χ0n) is 11.0. The van der Waals surface area contributed by atoms with Crippen LogP contribution in [0.3, 0.4) is 0 Å². The molecule has 0 aliphatic carbocycles. The molecule has 1 unspecified atom stereocenters. The minimum Gasteiger partial charge on any atom is -0.497 e. The zero-order chi connectivity index (χ0) is 14.5. The van der Waals surface area contributed by atoms with Crippen LogP contribution in [0.4, 0.5) is 0 Å². The van der Waals surface area contributed by atoms with E-state index in [1.807, 2.05) is 30.3 Å². The van der Waals surface area contributed by atoms with Gasteiger partial charge in [-0.05, 0) is 51.8 Å². The van der Waals surface area contributed by atoms with Crippen LogP contribution in [-0.4, -0.2) is 13.7 Å². The van der Waals surface area contributed by atoms with Crippen LogP contribution in [0.25, 0.3) is 0 Å². The summed E-state index contributed by atoms with van der Waals surface area (Å²) < 4.78 is 12.0. The number of methoxy groups -OCH3 is 1. The van der Waals surface area contributed by atoms with Gasteiger partial charge in [-0.1, -0.05) is 23.7 Å². The molecule has 0 spiro atoms. The fourth-order valence-corrected chi connectivity index (χ4v) is 2.59. The Bertz CT molecular complexity index is 592. The van der Waals surface area contributed by atoms with E-state index < -0.39 is 0 Å². The molecular formula is C15H15BrClNO2. The first-order valence-corrected chi connectivity index (χ1v) is 7.27. The topological polar surface area (TPSA) is 44.5 Å². The van der Waals surface area contributed by atoms with Crippen molar-refractivity contribution in [2.75, 3.05) is 13.7 Å². The SMILES string of the molecule is COc1cccc(C(CN)Oc2ccc(Cl)cc2Br)c1. The van der Waals surface area contributed by atoms with E-state index in [0.29, 0.717) is 17.3 Å². The van der Waals surface area contributed by atoms with E-state index >= 15 is 0 Å². The maximum absolute atomic E-state index is 5.95. The number of nitrogens with two attached hydrogens (primary N) is 1. The summed E-state index contributed by atoms with van der Waals surface area (Å²) in [6, 6.07) is 13.1. The van der Waals surface area contributed by atoms with E-state index in [2.05, 4.69) is 15.9 Å². The first-order chi connectivity index (χ1) is 9.63. The second-order valence-corrected chi connectivity index (χ2v) is 5.48. The quantitative estimate of drug-likeness (QED) is 0.873. The van der Waals surface area contributed by atoms with Gasteiger partial charge in [-0.15, -0.1) is 0 Å². The lowest BCUT2D eigenvalue weighted by atomic mass is 10.1. The van der Waals surface area contributed by atoms with Crippen LogP contribution in [0.15, 0.2) is 46.9 Å². The monoisotopic (exact) mass is 355 g/mol. The minimum absolute atomic E-state index is 0.248. The van der Waals surface area contributed by atoms with E-state index in [1.54, 1.807) is 19.2 Å². The van der Waals surface area contributed by atoms with Crippen LogP contribution in [0.2, 0.25) is 5.02 Å². The van der Waals surface area contributed by atoms with E-state index in [4.69, 9.17) is 26.8 Å². The molecule has 0 aliphatic rings. The molecule has 0 saturated heterocycles. The van der Waals surface area contributed by atoms with Gasteiger partial charge in [-0.25, -0.2) is 0 Å². The summed E-state index contributed by atoms with van der Waals surface area (Å²) in [4.78, 5) is 0. The van der Waals surface area contributed by atoms with Crippen molar-refractivity contribution in [1.82, 2.24) is 0 Å². The van der Waals surface area contributed by atoms with Crippen molar-refractivity contribution in [3.63, 3.8) is 0 Å². The Morgan fingerprint density at radius 3 is 2.70 bits per heavy atom. The Morgan fingerprint density at radius 2 is 2.05 bits per heavy atom. The third-order valence-electron chi connectivity index (χ3n) is 2.84. The normalized spacial score (nSPS) is 12.0. The molecule has 3 nitrogen and oxygen atoms in total. The highest BCUT2D eigenvalue weighted by Gasteiger charge is 2.14. The van der Waals surface area contributed by atoms with Gasteiger partial charge in [-0.2, -0.15) is 0 Å². The van der Waals surface area contributed by atoms with Crippen LogP contribution < -0.4 is 15.2 Å². The fourth-order valence-electron chi connectivity index (χ4n) is 1.82. The molecule has 2 aromatic rings. The lowest BCUT2D eigenvalue weighted by molar-refractivity contribution is 0.212. The van der Waals surface area contributed by atoms with E-state index in [0.717, 1.165) is 15.8 Å². The third kappa shape index (κ3) is 3.66. The number of hydrogen-bond donors (Lipinski definition) is 1. The van der Waals surface area contributed by atoms with Gasteiger partial charge in [0.2, 0.25) is 0 Å². The molecule has 5 heteroatoms. The number of rotatable bonds is 5. The van der Waals surface area contributed by atoms with Gasteiger partial charge in [0.25, 0.3) is 0 Å². The van der Waals surface area contributed by atoms with Crippen LogP contribution in [0.1, 0.15) is 11.7 Å². The molecule has 0 amide bonds. The second-order valence-electron chi connectivity index (χ2n) is 4.19. The summed E-state index contributed by atoms with van der Waals surface area (Å²) in [7, 11) is 1.63. The van der Waals surface area contributed by atoms with Crippen molar-refractivity contribution in [3.05, 3.63) is 57.5 Å². The predicted molar refractivity (Wildman–Crippen MR) is 84.6 cm³/mol. The molecule has 20 heavy (non-hydrogen) atoms. The van der Waals surface area contributed by atoms with Crippen LogP contribution >= 0.6 is 27.5 Å². The Morgan fingerprint density at radius 1 is 1.25 bits per heavy atom. The lowest BCUT2D eigenvalue weighted by Gasteiger charge is -2.19. The number of ether oxygens (including phenoxy) is 2. The largest absolute Gasteiger partial charge is 0.497 e. The molecule has 2 aromatic carbocycles. The van der Waals surface area contributed by atoms with Crippen molar-refractivity contribution in [2.45, 2.75) is 6.10 Å². The molecule has 0 bridgehead atoms. The number of halogens is 2. The van der Waals surface area contributed by atoms with Crippen molar-refractivity contribution in [1.29, 1.82) is 0 Å². The zero-order valence-corrected chi connectivity index (χ0v) is 13.3. The van der Waals surface area contributed by atoms with Crippen LogP contribution in [0, 0.1) is 0 Å². The first-order valence-electron chi connectivity index (χ1n) is 6.09. The average molecular weight is 357 g/mol. The predicted octanol–water partition coefficient (Wildman–Crippen LogP) is 4.19. The average Bonchev–Trinajstić information content (AvgIpc) is 2.46. The highest BCUT2D eigenvalue weighted by molar-refractivity contribution is 9.10. The molecule has 2 N–H and O–H groups in total. The summed E-state index contributed by atoms with van der Waals surface area (Å²) in [6.45, 7) is 0.363. The maximum Gasteiger partial charge on any atom is 0.136 e. The van der Waals surface area contributed by atoms with Crippen molar-refractivity contribution in [3.8, 4) is 11.5 Å². The third-order valence-corrected chi connectivity index (χ3v) is 3.70. The summed E-state index contributed by atoms with van der Waals surface area (Å²) >= 11 is 9.35. The summed E-state index contributed by atoms with van der Waals surface area (Å²) in [5, 5.41) is 0.648. The summed E-state index contributed by atoms with van der Waals surface area (Å²) in [5.74, 6) is 1.48. The molecule has 106 valence electrons. The van der Waals surface area contributed by atoms with Gasteiger partial charge >= 0.3 is 0 Å². The van der Waals surface area contributed by atoms with Crippen LogP contribution in [-0.2, 0) is 0 Å². The Labute approximate surface area is 131 Å². The van der Waals surface area contributed by atoms with Crippen molar-refractivity contribution >= 4 is 27.5 Å². The fraction of sp³-hybridized carbons (Fsp3) is 0.200. The molecule has 0 saturated carbocycles. The second kappa shape index (κ2) is 6.97. The molecule has 0 radical (unpaired) electrons. The Kier molecular flexibility index (Phi) is 5.29. The molecule has 1 atom stereocenters. The Hall–Kier alpha value is -1.23. The lowest BCUT2D eigenvalue weighted by Crippen LogP contribution is -2.18. The van der Waals surface area contributed by atoms with Gasteiger partial charge in [0.05, 0.1) is 11.6 Å². The number of benzene rings is 2. The van der Waals surface area contributed by atoms with Crippen molar-refractivity contribution in [2.24, 2.45) is 5.73 Å². The van der Waals surface area contributed by atoms with Gasteiger partial charge in [0.15, 0.2) is 0 Å². The summed E-state index contributed by atoms with van der Waals surface area (Å²) in [5.41, 5.74) is 6.78. The molecule has 0 aliphatic heterocycles. The highest BCUT2D eigenvalue weighted by atomic mass is 79.9.